The fourth-order valence-corrected chi connectivity index (χ4v) is 4.06. The highest BCUT2D eigenvalue weighted by atomic mass is 35.5. The number of hydrogen-bond donors (Lipinski definition) is 0. The van der Waals surface area contributed by atoms with Gasteiger partial charge in [0, 0.05) is 10.1 Å². The van der Waals surface area contributed by atoms with Crippen molar-refractivity contribution in [1.82, 2.24) is 0 Å². The normalized spacial score (nSPS) is 11.2. The molecule has 0 aliphatic heterocycles. The number of ether oxygens (including phenoxy) is 1. The predicted octanol–water partition coefficient (Wildman–Crippen LogP) is 5.17. The van der Waals surface area contributed by atoms with Crippen LogP contribution >= 0.6 is 22.9 Å². The van der Waals surface area contributed by atoms with E-state index in [4.69, 9.17) is 16.3 Å². The third-order valence-corrected chi connectivity index (χ3v) is 4.86. The maximum atomic E-state index is 12.7. The van der Waals surface area contributed by atoms with Crippen LogP contribution in [-0.2, 0) is 0 Å². The minimum atomic E-state index is -0.0225. The Kier molecular flexibility index (Phi) is 3.87. The van der Waals surface area contributed by atoms with Gasteiger partial charge in [-0.15, -0.1) is 11.3 Å². The summed E-state index contributed by atoms with van der Waals surface area (Å²) in [6, 6.07) is 9.43. The van der Waals surface area contributed by atoms with Crippen molar-refractivity contribution in [3.63, 3.8) is 0 Å². The van der Waals surface area contributed by atoms with Crippen LogP contribution in [0.5, 0.6) is 5.75 Å². The summed E-state index contributed by atoms with van der Waals surface area (Å²) in [7, 11) is 0. The van der Waals surface area contributed by atoms with E-state index in [1.807, 2.05) is 37.3 Å². The second-order valence-electron chi connectivity index (χ2n) is 4.98. The van der Waals surface area contributed by atoms with E-state index in [1.54, 1.807) is 11.3 Å². The molecule has 3 rings (SSSR count). The zero-order chi connectivity index (χ0) is 15.0. The number of benzene rings is 2. The van der Waals surface area contributed by atoms with Gasteiger partial charge >= 0.3 is 0 Å². The molecule has 2 nitrogen and oxygen atoms in total. The monoisotopic (exact) mass is 318 g/mol. The second kappa shape index (κ2) is 5.66. The lowest BCUT2D eigenvalue weighted by Crippen LogP contribution is -2.04. The van der Waals surface area contributed by atoms with Crippen LogP contribution < -0.4 is 10.2 Å². The number of aryl methyl sites for hydroxylation is 1. The number of rotatable bonds is 3. The average molecular weight is 319 g/mol. The first-order valence-electron chi connectivity index (χ1n) is 6.91. The van der Waals surface area contributed by atoms with Gasteiger partial charge in [-0.3, -0.25) is 4.79 Å². The van der Waals surface area contributed by atoms with Crippen LogP contribution in [0.3, 0.4) is 0 Å². The summed E-state index contributed by atoms with van der Waals surface area (Å²) in [6.07, 6.45) is 0.923. The SMILES string of the molecule is CCCOc1c(C)cc(Cl)c2c(=O)c3ccccc3sc12. The van der Waals surface area contributed by atoms with Gasteiger partial charge in [-0.05, 0) is 37.1 Å². The molecule has 0 saturated carbocycles. The smallest absolute Gasteiger partial charge is 0.197 e. The molecule has 3 aromatic rings. The van der Waals surface area contributed by atoms with Gasteiger partial charge in [0.15, 0.2) is 5.43 Å². The molecule has 0 N–H and O–H groups in total. The number of fused-ring (bicyclic) bond motifs is 2. The van der Waals surface area contributed by atoms with Gasteiger partial charge in [0.2, 0.25) is 0 Å². The molecule has 0 saturated heterocycles. The lowest BCUT2D eigenvalue weighted by atomic mass is 10.1. The minimum absolute atomic E-state index is 0.0225. The number of hydrogen-bond acceptors (Lipinski definition) is 3. The largest absolute Gasteiger partial charge is 0.492 e. The first-order valence-corrected chi connectivity index (χ1v) is 8.10. The predicted molar refractivity (Wildman–Crippen MR) is 91.1 cm³/mol. The highest BCUT2D eigenvalue weighted by molar-refractivity contribution is 7.25. The van der Waals surface area contributed by atoms with Crippen LogP contribution in [0.15, 0.2) is 35.1 Å². The van der Waals surface area contributed by atoms with E-state index >= 15 is 0 Å². The molecule has 0 bridgehead atoms. The van der Waals surface area contributed by atoms with E-state index in [0.29, 0.717) is 22.4 Å². The van der Waals surface area contributed by atoms with Crippen LogP contribution in [-0.4, -0.2) is 6.61 Å². The van der Waals surface area contributed by atoms with Crippen LogP contribution in [0.4, 0.5) is 0 Å². The third-order valence-electron chi connectivity index (χ3n) is 3.39. The van der Waals surface area contributed by atoms with Crippen molar-refractivity contribution in [2.45, 2.75) is 20.3 Å². The Labute approximate surface area is 131 Å². The van der Waals surface area contributed by atoms with Crippen molar-refractivity contribution in [2.24, 2.45) is 0 Å². The Hall–Kier alpha value is -1.58. The molecule has 0 radical (unpaired) electrons. The van der Waals surface area contributed by atoms with Gasteiger partial charge in [-0.2, -0.15) is 0 Å². The quantitative estimate of drug-likeness (QED) is 0.623. The van der Waals surface area contributed by atoms with Crippen molar-refractivity contribution in [3.8, 4) is 5.75 Å². The molecular weight excluding hydrogens is 304 g/mol. The van der Waals surface area contributed by atoms with E-state index in [2.05, 4.69) is 6.92 Å². The molecule has 0 aliphatic carbocycles. The molecular formula is C17H15ClO2S. The van der Waals surface area contributed by atoms with Gasteiger partial charge in [0.1, 0.15) is 5.75 Å². The summed E-state index contributed by atoms with van der Waals surface area (Å²) in [5, 5.41) is 1.78. The summed E-state index contributed by atoms with van der Waals surface area (Å²) < 4.78 is 7.67. The standard InChI is InChI=1S/C17H15ClO2S/c1-3-8-20-16-10(2)9-12(18)14-15(19)11-6-4-5-7-13(11)21-17(14)16/h4-7,9H,3,8H2,1-2H3. The van der Waals surface area contributed by atoms with Gasteiger partial charge in [0.05, 0.1) is 21.7 Å². The zero-order valence-corrected chi connectivity index (χ0v) is 13.5. The Morgan fingerprint density at radius 3 is 2.81 bits per heavy atom. The summed E-state index contributed by atoms with van der Waals surface area (Å²) in [5.41, 5.74) is 0.942. The maximum absolute atomic E-state index is 12.7. The maximum Gasteiger partial charge on any atom is 0.197 e. The topological polar surface area (TPSA) is 26.3 Å². The summed E-state index contributed by atoms with van der Waals surface area (Å²) in [4.78, 5) is 12.7. The van der Waals surface area contributed by atoms with Crippen molar-refractivity contribution in [1.29, 1.82) is 0 Å². The molecule has 0 atom stereocenters. The van der Waals surface area contributed by atoms with Crippen LogP contribution in [0.2, 0.25) is 5.02 Å². The summed E-state index contributed by atoms with van der Waals surface area (Å²) in [6.45, 7) is 4.65. The molecule has 0 spiro atoms. The van der Waals surface area contributed by atoms with Gasteiger partial charge < -0.3 is 4.74 Å². The van der Waals surface area contributed by atoms with Gasteiger partial charge in [0.25, 0.3) is 0 Å². The van der Waals surface area contributed by atoms with Gasteiger partial charge in [-0.1, -0.05) is 30.7 Å². The molecule has 0 aliphatic rings. The molecule has 4 heteroatoms. The molecule has 0 amide bonds. The molecule has 108 valence electrons. The summed E-state index contributed by atoms with van der Waals surface area (Å²) in [5.74, 6) is 0.782. The first kappa shape index (κ1) is 14.4. The first-order chi connectivity index (χ1) is 10.1. The molecule has 21 heavy (non-hydrogen) atoms. The van der Waals surface area contributed by atoms with E-state index in [0.717, 1.165) is 27.1 Å². The fraction of sp³-hybridized carbons (Fsp3) is 0.235. The molecule has 2 aromatic carbocycles. The van der Waals surface area contributed by atoms with E-state index in [-0.39, 0.29) is 5.43 Å². The Balaban J connectivity index is 2.45. The van der Waals surface area contributed by atoms with E-state index < -0.39 is 0 Å². The van der Waals surface area contributed by atoms with Crippen molar-refractivity contribution in [3.05, 3.63) is 51.1 Å². The highest BCUT2D eigenvalue weighted by Gasteiger charge is 2.15. The summed E-state index contributed by atoms with van der Waals surface area (Å²) >= 11 is 7.89. The zero-order valence-electron chi connectivity index (χ0n) is 11.9. The van der Waals surface area contributed by atoms with Crippen molar-refractivity contribution >= 4 is 43.1 Å². The van der Waals surface area contributed by atoms with Crippen LogP contribution in [0.1, 0.15) is 18.9 Å². The van der Waals surface area contributed by atoms with Crippen LogP contribution in [0, 0.1) is 6.92 Å². The minimum Gasteiger partial charge on any atom is -0.492 e. The molecule has 0 fully saturated rings. The second-order valence-corrected chi connectivity index (χ2v) is 6.44. The molecule has 1 aromatic heterocycles. The fourth-order valence-electron chi connectivity index (χ4n) is 2.41. The molecule has 0 unspecified atom stereocenters. The van der Waals surface area contributed by atoms with Crippen molar-refractivity contribution < 1.29 is 4.74 Å². The van der Waals surface area contributed by atoms with Crippen molar-refractivity contribution in [2.75, 3.05) is 6.61 Å². The Morgan fingerprint density at radius 2 is 2.05 bits per heavy atom. The third kappa shape index (κ3) is 2.41. The number of halogens is 1. The highest BCUT2D eigenvalue weighted by Crippen LogP contribution is 2.38. The Bertz CT molecular complexity index is 883. The lowest BCUT2D eigenvalue weighted by Gasteiger charge is -2.13. The van der Waals surface area contributed by atoms with Gasteiger partial charge in [-0.25, -0.2) is 0 Å². The lowest BCUT2D eigenvalue weighted by molar-refractivity contribution is 0.319. The van der Waals surface area contributed by atoms with E-state index in [9.17, 15) is 4.79 Å². The van der Waals surface area contributed by atoms with E-state index in [1.165, 1.54) is 0 Å². The average Bonchev–Trinajstić information content (AvgIpc) is 2.47. The Morgan fingerprint density at radius 1 is 1.29 bits per heavy atom. The molecule has 1 heterocycles. The van der Waals surface area contributed by atoms with Crippen LogP contribution in [0.25, 0.3) is 20.2 Å².